The molecule has 1 aromatic rings. The molecule has 0 spiro atoms. The maximum atomic E-state index is 13.9. The molecule has 0 amide bonds. The van der Waals surface area contributed by atoms with Gasteiger partial charge >= 0.3 is 0 Å². The van der Waals surface area contributed by atoms with Crippen LogP contribution in [0.1, 0.15) is 25.3 Å². The Morgan fingerprint density at radius 1 is 1.37 bits per heavy atom. The fourth-order valence-corrected chi connectivity index (χ4v) is 3.74. The highest BCUT2D eigenvalue weighted by atomic mass is 35.5. The molecule has 0 saturated carbocycles. The molecule has 0 aromatic heterocycles. The summed E-state index contributed by atoms with van der Waals surface area (Å²) in [6.45, 7) is 5.50. The Labute approximate surface area is 119 Å². The maximum absolute atomic E-state index is 13.9. The third-order valence-corrected chi connectivity index (χ3v) is 4.74. The molecule has 0 N–H and O–H groups in total. The number of fused-ring (bicyclic) bond motifs is 1. The summed E-state index contributed by atoms with van der Waals surface area (Å²) in [6, 6.07) is 6.33. The summed E-state index contributed by atoms with van der Waals surface area (Å²) in [5.74, 6) is 0.0492. The van der Waals surface area contributed by atoms with Gasteiger partial charge in [0.25, 0.3) is 0 Å². The summed E-state index contributed by atoms with van der Waals surface area (Å²) in [6.07, 6.45) is 2.55. The van der Waals surface area contributed by atoms with Crippen molar-refractivity contribution in [1.82, 2.24) is 4.90 Å². The van der Waals surface area contributed by atoms with Gasteiger partial charge in [0, 0.05) is 36.4 Å². The molecule has 0 aliphatic carbocycles. The molecule has 2 aliphatic rings. The Hall–Kier alpha value is -0.800. The highest BCUT2D eigenvalue weighted by molar-refractivity contribution is 6.17. The topological polar surface area (TPSA) is 6.48 Å². The quantitative estimate of drug-likeness (QED) is 0.769. The molecule has 2 nitrogen and oxygen atoms in total. The van der Waals surface area contributed by atoms with Gasteiger partial charge in [-0.3, -0.25) is 4.90 Å². The Kier molecular flexibility index (Phi) is 3.68. The predicted octanol–water partition coefficient (Wildman–Crippen LogP) is 3.24. The van der Waals surface area contributed by atoms with Gasteiger partial charge in [-0.1, -0.05) is 6.07 Å². The van der Waals surface area contributed by atoms with E-state index in [4.69, 9.17) is 11.6 Å². The second-order valence-corrected chi connectivity index (χ2v) is 5.93. The number of halogens is 2. The van der Waals surface area contributed by atoms with Crippen molar-refractivity contribution in [3.8, 4) is 0 Å². The van der Waals surface area contributed by atoms with Gasteiger partial charge in [0.05, 0.1) is 5.88 Å². The lowest BCUT2D eigenvalue weighted by Gasteiger charge is -2.44. The summed E-state index contributed by atoms with van der Waals surface area (Å²) in [5, 5.41) is 0. The Bertz CT molecular complexity index is 465. The molecular weight excluding hydrogens is 263 g/mol. The lowest BCUT2D eigenvalue weighted by molar-refractivity contribution is 0.202. The van der Waals surface area contributed by atoms with Gasteiger partial charge in [0.15, 0.2) is 0 Å². The number of nitrogens with zero attached hydrogens (tertiary/aromatic N) is 2. The molecule has 2 saturated heterocycles. The normalized spacial score (nSPS) is 27.6. The van der Waals surface area contributed by atoms with Crippen LogP contribution in [0.3, 0.4) is 0 Å². The van der Waals surface area contributed by atoms with Crippen LogP contribution in [0.4, 0.5) is 10.1 Å². The van der Waals surface area contributed by atoms with Crippen LogP contribution in [0.25, 0.3) is 0 Å². The fourth-order valence-electron chi connectivity index (χ4n) is 3.47. The molecule has 2 aliphatic heterocycles. The van der Waals surface area contributed by atoms with E-state index in [9.17, 15) is 4.39 Å². The first-order valence-corrected chi connectivity index (χ1v) is 7.58. The van der Waals surface area contributed by atoms with E-state index in [0.29, 0.717) is 17.6 Å². The minimum atomic E-state index is -0.187. The van der Waals surface area contributed by atoms with Crippen molar-refractivity contribution < 1.29 is 4.39 Å². The van der Waals surface area contributed by atoms with Crippen molar-refractivity contribution in [2.24, 2.45) is 0 Å². The monoisotopic (exact) mass is 282 g/mol. The van der Waals surface area contributed by atoms with Gasteiger partial charge in [-0.25, -0.2) is 4.39 Å². The van der Waals surface area contributed by atoms with E-state index in [1.165, 1.54) is 25.5 Å². The summed E-state index contributed by atoms with van der Waals surface area (Å²) in [5.41, 5.74) is 1.62. The van der Waals surface area contributed by atoms with Crippen molar-refractivity contribution in [2.75, 3.05) is 24.5 Å². The Morgan fingerprint density at radius 2 is 2.21 bits per heavy atom. The largest absolute Gasteiger partial charge is 0.366 e. The molecule has 2 heterocycles. The molecule has 1 aromatic carbocycles. The van der Waals surface area contributed by atoms with Crippen LogP contribution in [0.2, 0.25) is 0 Å². The second-order valence-electron chi connectivity index (χ2n) is 5.66. The second kappa shape index (κ2) is 5.29. The first-order chi connectivity index (χ1) is 9.20. The van der Waals surface area contributed by atoms with Gasteiger partial charge in [0.2, 0.25) is 0 Å². The lowest BCUT2D eigenvalue weighted by Crippen LogP contribution is -2.55. The van der Waals surface area contributed by atoms with Gasteiger partial charge in [-0.2, -0.15) is 0 Å². The molecular formula is C15H20ClFN2. The molecule has 4 heteroatoms. The molecule has 2 unspecified atom stereocenters. The number of rotatable bonds is 2. The molecule has 0 bridgehead atoms. The zero-order valence-electron chi connectivity index (χ0n) is 11.3. The van der Waals surface area contributed by atoms with E-state index >= 15 is 0 Å². The minimum Gasteiger partial charge on any atom is -0.366 e. The van der Waals surface area contributed by atoms with Gasteiger partial charge in [-0.15, -0.1) is 11.6 Å². The van der Waals surface area contributed by atoms with E-state index < -0.39 is 0 Å². The van der Waals surface area contributed by atoms with Crippen molar-refractivity contribution in [3.63, 3.8) is 0 Å². The van der Waals surface area contributed by atoms with Crippen molar-refractivity contribution in [1.29, 1.82) is 0 Å². The van der Waals surface area contributed by atoms with Gasteiger partial charge < -0.3 is 4.90 Å². The van der Waals surface area contributed by atoms with E-state index in [1.54, 1.807) is 6.07 Å². The van der Waals surface area contributed by atoms with E-state index in [2.05, 4.69) is 16.7 Å². The van der Waals surface area contributed by atoms with Crippen molar-refractivity contribution in [3.05, 3.63) is 29.6 Å². The van der Waals surface area contributed by atoms with E-state index in [-0.39, 0.29) is 11.7 Å². The third kappa shape index (κ3) is 2.34. The highest BCUT2D eigenvalue weighted by Crippen LogP contribution is 2.32. The predicted molar refractivity (Wildman–Crippen MR) is 77.4 cm³/mol. The Balaban J connectivity index is 1.91. The molecule has 3 rings (SSSR count). The number of hydrogen-bond donors (Lipinski definition) is 0. The SMILES string of the molecule is CC1CN2CCCC2CN1c1cccc(F)c1CCl. The zero-order valence-corrected chi connectivity index (χ0v) is 12.0. The van der Waals surface area contributed by atoms with Crippen LogP contribution in [-0.2, 0) is 5.88 Å². The summed E-state index contributed by atoms with van der Waals surface area (Å²) < 4.78 is 13.9. The third-order valence-electron chi connectivity index (χ3n) is 4.47. The smallest absolute Gasteiger partial charge is 0.129 e. The first-order valence-electron chi connectivity index (χ1n) is 7.04. The summed E-state index contributed by atoms with van der Waals surface area (Å²) >= 11 is 5.94. The van der Waals surface area contributed by atoms with Crippen LogP contribution in [0.15, 0.2) is 18.2 Å². The van der Waals surface area contributed by atoms with E-state index in [1.807, 2.05) is 6.07 Å². The number of hydrogen-bond acceptors (Lipinski definition) is 2. The number of benzene rings is 1. The molecule has 0 radical (unpaired) electrons. The van der Waals surface area contributed by atoms with Crippen LogP contribution >= 0.6 is 11.6 Å². The van der Waals surface area contributed by atoms with Crippen LogP contribution in [0, 0.1) is 5.82 Å². The molecule has 2 fully saturated rings. The zero-order chi connectivity index (χ0) is 13.4. The van der Waals surface area contributed by atoms with Crippen molar-refractivity contribution >= 4 is 17.3 Å². The maximum Gasteiger partial charge on any atom is 0.129 e. The lowest BCUT2D eigenvalue weighted by atomic mass is 10.0. The van der Waals surface area contributed by atoms with Crippen LogP contribution in [-0.4, -0.2) is 36.6 Å². The van der Waals surface area contributed by atoms with Gasteiger partial charge in [0.1, 0.15) is 5.82 Å². The molecule has 2 atom stereocenters. The fraction of sp³-hybridized carbons (Fsp3) is 0.600. The number of piperazine rings is 1. The summed E-state index contributed by atoms with van der Waals surface area (Å²) in [4.78, 5) is 4.91. The Morgan fingerprint density at radius 3 is 3.00 bits per heavy atom. The molecule has 19 heavy (non-hydrogen) atoms. The van der Waals surface area contributed by atoms with E-state index in [0.717, 1.165) is 18.8 Å². The standard InChI is InChI=1S/C15H20ClFN2/c1-11-9-18-7-3-4-12(18)10-19(11)15-6-2-5-14(17)13(15)8-16/h2,5-6,11-12H,3-4,7-10H2,1H3. The molecule has 104 valence electrons. The first kappa shape index (κ1) is 13.2. The highest BCUT2D eigenvalue weighted by Gasteiger charge is 2.35. The number of alkyl halides is 1. The number of anilines is 1. The average molecular weight is 283 g/mol. The van der Waals surface area contributed by atoms with Crippen LogP contribution < -0.4 is 4.90 Å². The minimum absolute atomic E-state index is 0.187. The average Bonchev–Trinajstić information content (AvgIpc) is 2.84. The van der Waals surface area contributed by atoms with Crippen LogP contribution in [0.5, 0.6) is 0 Å². The van der Waals surface area contributed by atoms with Gasteiger partial charge in [-0.05, 0) is 38.4 Å². The summed E-state index contributed by atoms with van der Waals surface area (Å²) in [7, 11) is 0. The van der Waals surface area contributed by atoms with Crippen molar-refractivity contribution in [2.45, 2.75) is 37.7 Å².